The number of nitrogens with zero attached hydrogens (tertiary/aromatic N) is 2. The van der Waals surface area contributed by atoms with E-state index in [9.17, 15) is 4.79 Å². The molecule has 1 amide bonds. The molecule has 1 fully saturated rings. The molecule has 0 bridgehead atoms. The monoisotopic (exact) mass is 294 g/mol. The molecule has 22 heavy (non-hydrogen) atoms. The van der Waals surface area contributed by atoms with Crippen molar-refractivity contribution in [3.8, 4) is 0 Å². The van der Waals surface area contributed by atoms with E-state index < -0.39 is 0 Å². The van der Waals surface area contributed by atoms with Crippen molar-refractivity contribution in [2.24, 2.45) is 5.92 Å². The zero-order valence-corrected chi connectivity index (χ0v) is 13.0. The largest absolute Gasteiger partial charge is 0.332 e. The van der Waals surface area contributed by atoms with Gasteiger partial charge in [0.05, 0.1) is 0 Å². The van der Waals surface area contributed by atoms with Gasteiger partial charge in [-0.05, 0) is 48.3 Å². The summed E-state index contributed by atoms with van der Waals surface area (Å²) in [6.45, 7) is 6.58. The SMILES string of the molecule is C=CC(=O)N(Cc1cccc2cnccc12)C1CCC(C)C1. The molecule has 3 heteroatoms. The molecule has 0 N–H and O–H groups in total. The molecule has 0 radical (unpaired) electrons. The van der Waals surface area contributed by atoms with Crippen LogP contribution in [0.15, 0.2) is 49.3 Å². The quantitative estimate of drug-likeness (QED) is 0.800. The minimum atomic E-state index is 0.0326. The van der Waals surface area contributed by atoms with Crippen molar-refractivity contribution in [1.29, 1.82) is 0 Å². The fourth-order valence-electron chi connectivity index (χ4n) is 3.48. The fourth-order valence-corrected chi connectivity index (χ4v) is 3.48. The van der Waals surface area contributed by atoms with Crippen LogP contribution < -0.4 is 0 Å². The Bertz CT molecular complexity index is 689. The molecule has 2 atom stereocenters. The van der Waals surface area contributed by atoms with E-state index in [1.807, 2.05) is 29.4 Å². The molecule has 1 aliphatic carbocycles. The van der Waals surface area contributed by atoms with Gasteiger partial charge in [0.25, 0.3) is 0 Å². The summed E-state index contributed by atoms with van der Waals surface area (Å²) in [5, 5.41) is 2.29. The summed E-state index contributed by atoms with van der Waals surface area (Å²) < 4.78 is 0. The van der Waals surface area contributed by atoms with Gasteiger partial charge < -0.3 is 4.90 Å². The van der Waals surface area contributed by atoms with Crippen molar-refractivity contribution >= 4 is 16.7 Å². The smallest absolute Gasteiger partial charge is 0.246 e. The van der Waals surface area contributed by atoms with Gasteiger partial charge in [-0.1, -0.05) is 31.7 Å². The first-order valence-corrected chi connectivity index (χ1v) is 7.93. The van der Waals surface area contributed by atoms with E-state index in [0.29, 0.717) is 18.5 Å². The number of carbonyl (C=O) groups is 1. The van der Waals surface area contributed by atoms with Crippen LogP contribution in [0.4, 0.5) is 0 Å². The van der Waals surface area contributed by atoms with E-state index in [1.165, 1.54) is 23.4 Å². The number of rotatable bonds is 4. The molecule has 2 aromatic rings. The maximum atomic E-state index is 12.3. The van der Waals surface area contributed by atoms with E-state index in [0.717, 1.165) is 18.2 Å². The van der Waals surface area contributed by atoms with Crippen LogP contribution >= 0.6 is 0 Å². The third kappa shape index (κ3) is 2.89. The second kappa shape index (κ2) is 6.30. The highest BCUT2D eigenvalue weighted by Gasteiger charge is 2.29. The molecule has 0 aliphatic heterocycles. The number of aromatic nitrogens is 1. The van der Waals surface area contributed by atoms with E-state index in [1.54, 1.807) is 0 Å². The van der Waals surface area contributed by atoms with Gasteiger partial charge in [0.15, 0.2) is 0 Å². The molecule has 3 nitrogen and oxygen atoms in total. The number of hydrogen-bond acceptors (Lipinski definition) is 2. The van der Waals surface area contributed by atoms with Crippen LogP contribution in [0.5, 0.6) is 0 Å². The Morgan fingerprint density at radius 2 is 2.27 bits per heavy atom. The highest BCUT2D eigenvalue weighted by atomic mass is 16.2. The summed E-state index contributed by atoms with van der Waals surface area (Å²) in [6.07, 6.45) is 8.50. The Hall–Kier alpha value is -2.16. The number of carbonyl (C=O) groups excluding carboxylic acids is 1. The summed E-state index contributed by atoms with van der Waals surface area (Å²) in [5.74, 6) is 0.729. The molecule has 1 saturated carbocycles. The lowest BCUT2D eigenvalue weighted by atomic mass is 10.0. The standard InChI is InChI=1S/C19H22N2O/c1-3-19(22)21(17-8-7-14(2)11-17)13-16-6-4-5-15-12-20-10-9-18(15)16/h3-6,9-10,12,14,17H,1,7-8,11,13H2,2H3. The second-order valence-electron chi connectivity index (χ2n) is 6.26. The number of pyridine rings is 1. The van der Waals surface area contributed by atoms with Crippen molar-refractivity contribution in [1.82, 2.24) is 9.88 Å². The van der Waals surface area contributed by atoms with Gasteiger partial charge in [0, 0.05) is 30.4 Å². The van der Waals surface area contributed by atoms with Crippen LogP contribution in [0.25, 0.3) is 10.8 Å². The number of fused-ring (bicyclic) bond motifs is 1. The lowest BCUT2D eigenvalue weighted by molar-refractivity contribution is -0.128. The Morgan fingerprint density at radius 3 is 3.00 bits per heavy atom. The zero-order valence-electron chi connectivity index (χ0n) is 13.0. The summed E-state index contributed by atoms with van der Waals surface area (Å²) in [6, 6.07) is 8.55. The molecule has 2 unspecified atom stereocenters. The first-order chi connectivity index (χ1) is 10.7. The van der Waals surface area contributed by atoms with E-state index >= 15 is 0 Å². The van der Waals surface area contributed by atoms with Crippen molar-refractivity contribution in [2.45, 2.75) is 38.8 Å². The maximum Gasteiger partial charge on any atom is 0.246 e. The van der Waals surface area contributed by atoms with Crippen LogP contribution in [0.1, 0.15) is 31.7 Å². The van der Waals surface area contributed by atoms with Gasteiger partial charge in [-0.2, -0.15) is 0 Å². The van der Waals surface area contributed by atoms with E-state index in [2.05, 4.69) is 30.6 Å². The minimum absolute atomic E-state index is 0.0326. The summed E-state index contributed by atoms with van der Waals surface area (Å²) >= 11 is 0. The third-order valence-corrected chi connectivity index (χ3v) is 4.68. The number of hydrogen-bond donors (Lipinski definition) is 0. The van der Waals surface area contributed by atoms with Gasteiger partial charge in [0.2, 0.25) is 5.91 Å². The molecular formula is C19H22N2O. The summed E-state index contributed by atoms with van der Waals surface area (Å²) in [4.78, 5) is 18.5. The van der Waals surface area contributed by atoms with Crippen LogP contribution in [0.2, 0.25) is 0 Å². The van der Waals surface area contributed by atoms with Crippen molar-refractivity contribution < 1.29 is 4.79 Å². The molecule has 1 aromatic heterocycles. The topological polar surface area (TPSA) is 33.2 Å². The van der Waals surface area contributed by atoms with Gasteiger partial charge >= 0.3 is 0 Å². The number of amides is 1. The predicted molar refractivity (Wildman–Crippen MR) is 89.3 cm³/mol. The van der Waals surface area contributed by atoms with E-state index in [-0.39, 0.29) is 5.91 Å². The Labute approximate surface area is 131 Å². The average molecular weight is 294 g/mol. The highest BCUT2D eigenvalue weighted by molar-refractivity contribution is 5.88. The van der Waals surface area contributed by atoms with Crippen molar-refractivity contribution in [3.05, 3.63) is 54.9 Å². The van der Waals surface area contributed by atoms with Crippen molar-refractivity contribution in [2.75, 3.05) is 0 Å². The Balaban J connectivity index is 1.92. The fraction of sp³-hybridized carbons (Fsp3) is 0.368. The second-order valence-corrected chi connectivity index (χ2v) is 6.26. The van der Waals surface area contributed by atoms with Gasteiger partial charge in [-0.25, -0.2) is 0 Å². The molecule has 1 aromatic carbocycles. The van der Waals surface area contributed by atoms with Crippen LogP contribution in [-0.2, 0) is 11.3 Å². The Morgan fingerprint density at radius 1 is 1.41 bits per heavy atom. The molecule has 1 heterocycles. The predicted octanol–water partition coefficient (Wildman–Crippen LogP) is 3.94. The third-order valence-electron chi connectivity index (χ3n) is 4.68. The highest BCUT2D eigenvalue weighted by Crippen LogP contribution is 2.31. The average Bonchev–Trinajstić information content (AvgIpc) is 2.98. The maximum absolute atomic E-state index is 12.3. The molecule has 3 rings (SSSR count). The van der Waals surface area contributed by atoms with Crippen LogP contribution in [0, 0.1) is 5.92 Å². The van der Waals surface area contributed by atoms with Crippen LogP contribution in [-0.4, -0.2) is 21.8 Å². The van der Waals surface area contributed by atoms with Gasteiger partial charge in [0.1, 0.15) is 0 Å². The molecule has 114 valence electrons. The molecular weight excluding hydrogens is 272 g/mol. The van der Waals surface area contributed by atoms with Gasteiger partial charge in [-0.15, -0.1) is 0 Å². The first kappa shape index (κ1) is 14.8. The summed E-state index contributed by atoms with van der Waals surface area (Å²) in [7, 11) is 0. The van der Waals surface area contributed by atoms with Crippen molar-refractivity contribution in [3.63, 3.8) is 0 Å². The molecule has 0 spiro atoms. The lowest BCUT2D eigenvalue weighted by Gasteiger charge is -2.28. The minimum Gasteiger partial charge on any atom is -0.332 e. The molecule has 0 saturated heterocycles. The Kier molecular flexibility index (Phi) is 4.23. The molecule has 1 aliphatic rings. The number of benzene rings is 1. The lowest BCUT2D eigenvalue weighted by Crippen LogP contribution is -2.37. The zero-order chi connectivity index (χ0) is 15.5. The van der Waals surface area contributed by atoms with Gasteiger partial charge in [-0.3, -0.25) is 9.78 Å². The summed E-state index contributed by atoms with van der Waals surface area (Å²) in [5.41, 5.74) is 1.18. The van der Waals surface area contributed by atoms with E-state index in [4.69, 9.17) is 0 Å². The van der Waals surface area contributed by atoms with Crippen LogP contribution in [0.3, 0.4) is 0 Å². The first-order valence-electron chi connectivity index (χ1n) is 7.93. The normalized spacial score (nSPS) is 21.0.